The van der Waals surface area contributed by atoms with E-state index in [1.165, 1.54) is 6.07 Å². The van der Waals surface area contributed by atoms with Crippen LogP contribution in [0, 0.1) is 5.82 Å². The van der Waals surface area contributed by atoms with E-state index in [0.717, 1.165) is 31.4 Å². The standard InChI is InChI=1S/C13H19FN2/c1-16-9-3-6-13(16,7-8-15)11-4-2-5-12(14)10-11/h2,4-5,10H,3,6-9,15H2,1H3. The minimum Gasteiger partial charge on any atom is -0.330 e. The van der Waals surface area contributed by atoms with Crippen LogP contribution >= 0.6 is 0 Å². The zero-order valence-electron chi connectivity index (χ0n) is 9.75. The van der Waals surface area contributed by atoms with Crippen molar-refractivity contribution in [2.45, 2.75) is 24.8 Å². The Balaban J connectivity index is 2.39. The van der Waals surface area contributed by atoms with Gasteiger partial charge < -0.3 is 5.73 Å². The molecule has 1 fully saturated rings. The Morgan fingerprint density at radius 3 is 2.88 bits per heavy atom. The van der Waals surface area contributed by atoms with Gasteiger partial charge in [-0.2, -0.15) is 0 Å². The molecule has 3 heteroatoms. The first-order chi connectivity index (χ1) is 7.69. The predicted molar refractivity (Wildman–Crippen MR) is 63.6 cm³/mol. The minimum atomic E-state index is -0.158. The van der Waals surface area contributed by atoms with Gasteiger partial charge in [-0.25, -0.2) is 4.39 Å². The SMILES string of the molecule is CN1CCCC1(CCN)c1cccc(F)c1. The normalized spacial score (nSPS) is 26.2. The van der Waals surface area contributed by atoms with E-state index in [1.54, 1.807) is 12.1 Å². The van der Waals surface area contributed by atoms with Crippen molar-refractivity contribution in [1.82, 2.24) is 4.90 Å². The molecule has 1 aromatic rings. The number of likely N-dealkylation sites (tertiary alicyclic amines) is 1. The van der Waals surface area contributed by atoms with Crippen LogP contribution in [-0.2, 0) is 5.54 Å². The maximum absolute atomic E-state index is 13.3. The molecule has 0 bridgehead atoms. The Bertz CT molecular complexity index is 367. The van der Waals surface area contributed by atoms with Crippen molar-refractivity contribution in [1.29, 1.82) is 0 Å². The summed E-state index contributed by atoms with van der Waals surface area (Å²) in [6.07, 6.45) is 3.13. The third-order valence-electron chi connectivity index (χ3n) is 3.73. The summed E-state index contributed by atoms with van der Waals surface area (Å²) in [4.78, 5) is 2.31. The van der Waals surface area contributed by atoms with Gasteiger partial charge in [-0.1, -0.05) is 12.1 Å². The van der Waals surface area contributed by atoms with Crippen LogP contribution in [0.25, 0.3) is 0 Å². The van der Waals surface area contributed by atoms with Crippen molar-refractivity contribution in [2.24, 2.45) is 5.73 Å². The van der Waals surface area contributed by atoms with Crippen LogP contribution in [0.15, 0.2) is 24.3 Å². The summed E-state index contributed by atoms with van der Waals surface area (Å²) in [5.74, 6) is -0.158. The topological polar surface area (TPSA) is 29.3 Å². The molecule has 0 spiro atoms. The van der Waals surface area contributed by atoms with Gasteiger partial charge in [0.05, 0.1) is 0 Å². The highest BCUT2D eigenvalue weighted by atomic mass is 19.1. The Morgan fingerprint density at radius 1 is 1.50 bits per heavy atom. The summed E-state index contributed by atoms with van der Waals surface area (Å²) in [6, 6.07) is 6.95. The molecular formula is C13H19FN2. The molecule has 1 aromatic carbocycles. The molecule has 1 aliphatic heterocycles. The molecule has 2 rings (SSSR count). The fourth-order valence-corrected chi connectivity index (χ4v) is 2.86. The van der Waals surface area contributed by atoms with Gasteiger partial charge in [-0.15, -0.1) is 0 Å². The second kappa shape index (κ2) is 4.52. The van der Waals surface area contributed by atoms with Crippen molar-refractivity contribution in [3.05, 3.63) is 35.6 Å². The van der Waals surface area contributed by atoms with Crippen LogP contribution in [0.3, 0.4) is 0 Å². The summed E-state index contributed by atoms with van der Waals surface area (Å²) in [7, 11) is 2.10. The number of hydrogen-bond acceptors (Lipinski definition) is 2. The molecule has 1 atom stereocenters. The molecule has 16 heavy (non-hydrogen) atoms. The largest absolute Gasteiger partial charge is 0.330 e. The maximum Gasteiger partial charge on any atom is 0.123 e. The second-order valence-electron chi connectivity index (χ2n) is 4.61. The van der Waals surface area contributed by atoms with E-state index >= 15 is 0 Å². The molecule has 1 unspecified atom stereocenters. The van der Waals surface area contributed by atoms with Gasteiger partial charge in [0.15, 0.2) is 0 Å². The average Bonchev–Trinajstić information content (AvgIpc) is 2.62. The summed E-state index contributed by atoms with van der Waals surface area (Å²) < 4.78 is 13.3. The quantitative estimate of drug-likeness (QED) is 0.848. The van der Waals surface area contributed by atoms with Gasteiger partial charge in [-0.3, -0.25) is 4.90 Å². The van der Waals surface area contributed by atoms with Gasteiger partial charge in [-0.05, 0) is 57.1 Å². The average molecular weight is 222 g/mol. The van der Waals surface area contributed by atoms with Gasteiger partial charge >= 0.3 is 0 Å². The van der Waals surface area contributed by atoms with Crippen LogP contribution in [0.4, 0.5) is 4.39 Å². The maximum atomic E-state index is 13.3. The van der Waals surface area contributed by atoms with E-state index in [9.17, 15) is 4.39 Å². The number of rotatable bonds is 3. The molecule has 0 amide bonds. The molecule has 1 aliphatic rings. The van der Waals surface area contributed by atoms with Crippen molar-refractivity contribution >= 4 is 0 Å². The van der Waals surface area contributed by atoms with Gasteiger partial charge in [0.1, 0.15) is 5.82 Å². The minimum absolute atomic E-state index is 0.0448. The highest BCUT2D eigenvalue weighted by Crippen LogP contribution is 2.40. The highest BCUT2D eigenvalue weighted by molar-refractivity contribution is 5.26. The summed E-state index contributed by atoms with van der Waals surface area (Å²) in [6.45, 7) is 1.71. The lowest BCUT2D eigenvalue weighted by Crippen LogP contribution is -2.40. The summed E-state index contributed by atoms with van der Waals surface area (Å²) in [5, 5.41) is 0. The number of hydrogen-bond donors (Lipinski definition) is 1. The Hall–Kier alpha value is -0.930. The van der Waals surface area contributed by atoms with Crippen LogP contribution < -0.4 is 5.73 Å². The monoisotopic (exact) mass is 222 g/mol. The molecular weight excluding hydrogens is 203 g/mol. The molecule has 0 radical (unpaired) electrons. The first kappa shape index (κ1) is 11.6. The lowest BCUT2D eigenvalue weighted by molar-refractivity contribution is 0.163. The third-order valence-corrected chi connectivity index (χ3v) is 3.73. The molecule has 1 saturated heterocycles. The lowest BCUT2D eigenvalue weighted by atomic mass is 9.84. The van der Waals surface area contributed by atoms with E-state index < -0.39 is 0 Å². The smallest absolute Gasteiger partial charge is 0.123 e. The van der Waals surface area contributed by atoms with Crippen molar-refractivity contribution in [3.8, 4) is 0 Å². The van der Waals surface area contributed by atoms with Gasteiger partial charge in [0, 0.05) is 5.54 Å². The summed E-state index contributed by atoms with van der Waals surface area (Å²) in [5.41, 5.74) is 6.73. The Labute approximate surface area is 96.2 Å². The Kier molecular flexibility index (Phi) is 3.26. The fourth-order valence-electron chi connectivity index (χ4n) is 2.86. The number of nitrogens with two attached hydrogens (primary N) is 1. The first-order valence-electron chi connectivity index (χ1n) is 5.86. The van der Waals surface area contributed by atoms with Crippen molar-refractivity contribution in [3.63, 3.8) is 0 Å². The zero-order valence-corrected chi connectivity index (χ0v) is 9.75. The third kappa shape index (κ3) is 1.85. The molecule has 1 heterocycles. The van der Waals surface area contributed by atoms with Crippen LogP contribution in [0.5, 0.6) is 0 Å². The van der Waals surface area contributed by atoms with Crippen molar-refractivity contribution in [2.75, 3.05) is 20.1 Å². The predicted octanol–water partition coefficient (Wildman–Crippen LogP) is 2.10. The molecule has 0 aromatic heterocycles. The van der Waals surface area contributed by atoms with Crippen LogP contribution in [-0.4, -0.2) is 25.0 Å². The van der Waals surface area contributed by atoms with Gasteiger partial charge in [0.25, 0.3) is 0 Å². The van der Waals surface area contributed by atoms with Crippen LogP contribution in [0.1, 0.15) is 24.8 Å². The van der Waals surface area contributed by atoms with E-state index in [2.05, 4.69) is 11.9 Å². The van der Waals surface area contributed by atoms with E-state index in [-0.39, 0.29) is 11.4 Å². The van der Waals surface area contributed by atoms with Gasteiger partial charge in [0.2, 0.25) is 0 Å². The Morgan fingerprint density at radius 2 is 2.31 bits per heavy atom. The molecule has 0 saturated carbocycles. The van der Waals surface area contributed by atoms with Crippen molar-refractivity contribution < 1.29 is 4.39 Å². The van der Waals surface area contributed by atoms with E-state index in [1.807, 2.05) is 6.07 Å². The number of benzene rings is 1. The zero-order chi connectivity index (χ0) is 11.6. The first-order valence-corrected chi connectivity index (χ1v) is 5.86. The highest BCUT2D eigenvalue weighted by Gasteiger charge is 2.39. The van der Waals surface area contributed by atoms with E-state index in [0.29, 0.717) is 6.54 Å². The summed E-state index contributed by atoms with van der Waals surface area (Å²) >= 11 is 0. The molecule has 88 valence electrons. The molecule has 2 nitrogen and oxygen atoms in total. The second-order valence-corrected chi connectivity index (χ2v) is 4.61. The molecule has 0 aliphatic carbocycles. The molecule has 2 N–H and O–H groups in total. The number of nitrogens with zero attached hydrogens (tertiary/aromatic N) is 1. The lowest BCUT2D eigenvalue weighted by Gasteiger charge is -2.36. The fraction of sp³-hybridized carbons (Fsp3) is 0.538. The number of halogens is 1. The van der Waals surface area contributed by atoms with E-state index in [4.69, 9.17) is 5.73 Å². The van der Waals surface area contributed by atoms with Crippen LogP contribution in [0.2, 0.25) is 0 Å².